The van der Waals surface area contributed by atoms with E-state index in [0.29, 0.717) is 13.1 Å². The van der Waals surface area contributed by atoms with Gasteiger partial charge in [0, 0.05) is 42.6 Å². The molecule has 2 aromatic carbocycles. The number of nitrogens with zero attached hydrogens (tertiary/aromatic N) is 2. The van der Waals surface area contributed by atoms with Crippen molar-refractivity contribution >= 4 is 16.8 Å². The molecule has 1 aliphatic rings. The van der Waals surface area contributed by atoms with E-state index in [1.165, 1.54) is 5.39 Å². The van der Waals surface area contributed by atoms with Crippen LogP contribution in [0, 0.1) is 6.92 Å². The van der Waals surface area contributed by atoms with Crippen LogP contribution >= 0.6 is 0 Å². The summed E-state index contributed by atoms with van der Waals surface area (Å²) in [4.78, 5) is 17.7. The molecule has 5 heteroatoms. The van der Waals surface area contributed by atoms with Gasteiger partial charge in [-0.15, -0.1) is 0 Å². The number of ether oxygens (including phenoxy) is 1. The highest BCUT2D eigenvalue weighted by atomic mass is 16.5. The first-order valence-electron chi connectivity index (χ1n) is 9.28. The molecule has 0 aliphatic carbocycles. The van der Waals surface area contributed by atoms with Gasteiger partial charge in [0.15, 0.2) is 0 Å². The van der Waals surface area contributed by atoms with Crippen molar-refractivity contribution in [3.05, 3.63) is 60.3 Å². The summed E-state index contributed by atoms with van der Waals surface area (Å²) in [6.07, 6.45) is 1.68. The third-order valence-electron chi connectivity index (χ3n) is 5.03. The zero-order chi connectivity index (χ0) is 18.8. The number of pyridine rings is 1. The second kappa shape index (κ2) is 7.27. The molecule has 0 unspecified atom stereocenters. The number of benzene rings is 2. The van der Waals surface area contributed by atoms with Gasteiger partial charge < -0.3 is 15.4 Å². The molecule has 1 aliphatic heterocycles. The number of hydrogen-bond acceptors (Lipinski definition) is 3. The Morgan fingerprint density at radius 3 is 2.67 bits per heavy atom. The van der Waals surface area contributed by atoms with Crippen molar-refractivity contribution in [1.29, 1.82) is 0 Å². The van der Waals surface area contributed by atoms with E-state index in [1.807, 2.05) is 31.2 Å². The Morgan fingerprint density at radius 1 is 1.11 bits per heavy atom. The zero-order valence-corrected chi connectivity index (χ0v) is 15.4. The molecule has 0 radical (unpaired) electrons. The van der Waals surface area contributed by atoms with E-state index < -0.39 is 0 Å². The van der Waals surface area contributed by atoms with Crippen LogP contribution in [0.3, 0.4) is 0 Å². The smallest absolute Gasteiger partial charge is 0.314 e. The van der Waals surface area contributed by atoms with E-state index in [9.17, 15) is 4.79 Å². The van der Waals surface area contributed by atoms with E-state index in [1.54, 1.807) is 4.90 Å². The molecule has 2 N–H and O–H groups in total. The van der Waals surface area contributed by atoms with Crippen LogP contribution in [0.4, 0.5) is 4.79 Å². The van der Waals surface area contributed by atoms with Gasteiger partial charge in [0.25, 0.3) is 0 Å². The Kier molecular flexibility index (Phi) is 4.67. The Balaban J connectivity index is 1.58. The topological polar surface area (TPSA) is 68.5 Å². The molecule has 138 valence electrons. The number of likely N-dealkylation sites (tertiary alicyclic amines) is 1. The number of urea groups is 1. The Labute approximate surface area is 158 Å². The minimum Gasteiger partial charge on any atom is -0.490 e. The van der Waals surface area contributed by atoms with Gasteiger partial charge in [-0.2, -0.15) is 0 Å². The number of primary amides is 1. The van der Waals surface area contributed by atoms with Crippen molar-refractivity contribution in [2.75, 3.05) is 13.1 Å². The van der Waals surface area contributed by atoms with Crippen LogP contribution in [0.2, 0.25) is 0 Å². The lowest BCUT2D eigenvalue weighted by Gasteiger charge is -2.31. The van der Waals surface area contributed by atoms with Crippen LogP contribution in [0.5, 0.6) is 5.75 Å². The second-order valence-corrected chi connectivity index (χ2v) is 7.00. The third-order valence-corrected chi connectivity index (χ3v) is 5.03. The maximum Gasteiger partial charge on any atom is 0.314 e. The highest BCUT2D eigenvalue weighted by Crippen LogP contribution is 2.30. The van der Waals surface area contributed by atoms with E-state index in [-0.39, 0.29) is 12.1 Å². The summed E-state index contributed by atoms with van der Waals surface area (Å²) in [5.41, 5.74) is 8.36. The minimum atomic E-state index is -0.354. The van der Waals surface area contributed by atoms with Crippen LogP contribution in [0.1, 0.15) is 18.5 Å². The highest BCUT2D eigenvalue weighted by molar-refractivity contribution is 5.95. The summed E-state index contributed by atoms with van der Waals surface area (Å²) in [7, 11) is 0. The van der Waals surface area contributed by atoms with Gasteiger partial charge in [-0.05, 0) is 30.5 Å². The van der Waals surface area contributed by atoms with Crippen LogP contribution in [0.25, 0.3) is 22.0 Å². The number of carbonyl (C=O) groups excluding carboxylic acids is 1. The van der Waals surface area contributed by atoms with Gasteiger partial charge in [-0.3, -0.25) is 4.98 Å². The quantitative estimate of drug-likeness (QED) is 0.762. The third kappa shape index (κ3) is 3.72. The first-order chi connectivity index (χ1) is 13.1. The molecule has 2 heterocycles. The maximum absolute atomic E-state index is 11.3. The zero-order valence-electron chi connectivity index (χ0n) is 15.4. The van der Waals surface area contributed by atoms with Gasteiger partial charge in [0.05, 0.1) is 5.69 Å². The standard InChI is InChI=1S/C22H23N3O2/c1-15-13-16-5-2-3-8-20(16)21(24-15)17-6-4-7-19(14-17)27-18-9-11-25(12-10-18)22(23)26/h2-8,13-14,18H,9-12H2,1H3,(H2,23,26). The first kappa shape index (κ1) is 17.3. The molecule has 1 fully saturated rings. The average molecular weight is 361 g/mol. The molecular weight excluding hydrogens is 338 g/mol. The highest BCUT2D eigenvalue weighted by Gasteiger charge is 2.22. The minimum absolute atomic E-state index is 0.0954. The molecule has 5 nitrogen and oxygen atoms in total. The molecule has 2 amide bonds. The van der Waals surface area contributed by atoms with Crippen LogP contribution in [-0.4, -0.2) is 35.1 Å². The molecular formula is C22H23N3O2. The average Bonchev–Trinajstić information content (AvgIpc) is 2.68. The molecule has 27 heavy (non-hydrogen) atoms. The van der Waals surface area contributed by atoms with Crippen molar-refractivity contribution in [1.82, 2.24) is 9.88 Å². The number of rotatable bonds is 3. The van der Waals surface area contributed by atoms with Gasteiger partial charge in [0.1, 0.15) is 11.9 Å². The second-order valence-electron chi connectivity index (χ2n) is 7.00. The van der Waals surface area contributed by atoms with E-state index in [2.05, 4.69) is 30.3 Å². The lowest BCUT2D eigenvalue weighted by atomic mass is 10.0. The van der Waals surface area contributed by atoms with E-state index in [4.69, 9.17) is 15.5 Å². The number of amides is 2. The number of piperidine rings is 1. The molecule has 0 spiro atoms. The molecule has 4 rings (SSSR count). The van der Waals surface area contributed by atoms with Gasteiger partial charge >= 0.3 is 6.03 Å². The molecule has 0 saturated carbocycles. The Morgan fingerprint density at radius 2 is 1.89 bits per heavy atom. The molecule has 0 atom stereocenters. The summed E-state index contributed by atoms with van der Waals surface area (Å²) < 4.78 is 6.18. The summed E-state index contributed by atoms with van der Waals surface area (Å²) in [5, 5.41) is 2.32. The number of hydrogen-bond donors (Lipinski definition) is 1. The number of nitrogens with two attached hydrogens (primary N) is 1. The SMILES string of the molecule is Cc1cc2ccccc2c(-c2cccc(OC3CCN(C(N)=O)CC3)c2)n1. The van der Waals surface area contributed by atoms with Crippen LogP contribution in [0.15, 0.2) is 54.6 Å². The fourth-order valence-electron chi connectivity index (χ4n) is 3.66. The molecule has 1 aromatic heterocycles. The van der Waals surface area contributed by atoms with Gasteiger partial charge in [-0.25, -0.2) is 4.79 Å². The summed E-state index contributed by atoms with van der Waals surface area (Å²) in [6.45, 7) is 3.30. The largest absolute Gasteiger partial charge is 0.490 e. The maximum atomic E-state index is 11.3. The van der Waals surface area contributed by atoms with Crippen molar-refractivity contribution in [2.24, 2.45) is 5.73 Å². The molecule has 3 aromatic rings. The van der Waals surface area contributed by atoms with Gasteiger partial charge in [0.2, 0.25) is 0 Å². The summed E-state index contributed by atoms with van der Waals surface area (Å²) in [5.74, 6) is 0.831. The van der Waals surface area contributed by atoms with Crippen molar-refractivity contribution in [3.63, 3.8) is 0 Å². The lowest BCUT2D eigenvalue weighted by molar-refractivity contribution is 0.114. The normalized spacial score (nSPS) is 15.1. The van der Waals surface area contributed by atoms with Crippen LogP contribution in [-0.2, 0) is 0 Å². The predicted octanol–water partition coefficient (Wildman–Crippen LogP) is 4.13. The molecule has 1 saturated heterocycles. The van der Waals surface area contributed by atoms with E-state index >= 15 is 0 Å². The number of carbonyl (C=O) groups is 1. The number of aryl methyl sites for hydroxylation is 1. The van der Waals surface area contributed by atoms with Gasteiger partial charge in [-0.1, -0.05) is 36.4 Å². The van der Waals surface area contributed by atoms with E-state index in [0.717, 1.165) is 40.9 Å². The number of fused-ring (bicyclic) bond motifs is 1. The lowest BCUT2D eigenvalue weighted by Crippen LogP contribution is -2.44. The first-order valence-corrected chi connectivity index (χ1v) is 9.28. The molecule has 0 bridgehead atoms. The Bertz CT molecular complexity index is 978. The summed E-state index contributed by atoms with van der Waals surface area (Å²) in [6, 6.07) is 18.1. The van der Waals surface area contributed by atoms with Crippen molar-refractivity contribution in [3.8, 4) is 17.0 Å². The fraction of sp³-hybridized carbons (Fsp3) is 0.273. The summed E-state index contributed by atoms with van der Waals surface area (Å²) >= 11 is 0. The van der Waals surface area contributed by atoms with Crippen molar-refractivity contribution in [2.45, 2.75) is 25.9 Å². The van der Waals surface area contributed by atoms with Crippen molar-refractivity contribution < 1.29 is 9.53 Å². The monoisotopic (exact) mass is 361 g/mol. The number of aromatic nitrogens is 1. The van der Waals surface area contributed by atoms with Crippen LogP contribution < -0.4 is 10.5 Å². The Hall–Kier alpha value is -3.08. The fourth-order valence-corrected chi connectivity index (χ4v) is 3.66. The predicted molar refractivity (Wildman–Crippen MR) is 107 cm³/mol.